The Morgan fingerprint density at radius 1 is 1.15 bits per heavy atom. The number of aryl methyl sites for hydroxylation is 1. The lowest BCUT2D eigenvalue weighted by Crippen LogP contribution is -2.40. The summed E-state index contributed by atoms with van der Waals surface area (Å²) >= 11 is 0. The van der Waals surface area contributed by atoms with E-state index >= 15 is 0 Å². The summed E-state index contributed by atoms with van der Waals surface area (Å²) < 4.78 is 5.54. The number of benzene rings is 2. The van der Waals surface area contributed by atoms with E-state index in [9.17, 15) is 5.26 Å². The molecule has 0 spiro atoms. The van der Waals surface area contributed by atoms with Crippen molar-refractivity contribution in [1.82, 2.24) is 5.32 Å². The highest BCUT2D eigenvalue weighted by molar-refractivity contribution is 5.39. The maximum atomic E-state index is 9.85. The van der Waals surface area contributed by atoms with Gasteiger partial charge in [-0.25, -0.2) is 0 Å². The van der Waals surface area contributed by atoms with E-state index in [4.69, 9.17) is 4.74 Å². The van der Waals surface area contributed by atoms with E-state index in [1.54, 1.807) is 7.11 Å². The lowest BCUT2D eigenvalue weighted by atomic mass is 9.69. The fourth-order valence-electron chi connectivity index (χ4n) is 4.13. The highest BCUT2D eigenvalue weighted by Crippen LogP contribution is 2.39. The van der Waals surface area contributed by atoms with Crippen LogP contribution in [0.3, 0.4) is 0 Å². The molecule has 26 heavy (non-hydrogen) atoms. The van der Waals surface area contributed by atoms with Crippen LogP contribution in [0.15, 0.2) is 48.5 Å². The lowest BCUT2D eigenvalue weighted by molar-refractivity contribution is 0.279. The van der Waals surface area contributed by atoms with Gasteiger partial charge < -0.3 is 10.1 Å². The second-order valence-corrected chi connectivity index (χ2v) is 7.47. The molecular formula is C23H28N2O. The van der Waals surface area contributed by atoms with Gasteiger partial charge in [-0.15, -0.1) is 0 Å². The summed E-state index contributed by atoms with van der Waals surface area (Å²) in [6, 6.07) is 19.9. The van der Waals surface area contributed by atoms with E-state index < -0.39 is 0 Å². The van der Waals surface area contributed by atoms with Gasteiger partial charge in [-0.05, 0) is 51.2 Å². The van der Waals surface area contributed by atoms with Crippen LogP contribution in [0.2, 0.25) is 0 Å². The molecule has 3 heteroatoms. The summed E-state index contributed by atoms with van der Waals surface area (Å²) in [6.45, 7) is 4.30. The molecule has 2 aromatic carbocycles. The van der Waals surface area contributed by atoms with Crippen LogP contribution < -0.4 is 10.1 Å². The largest absolute Gasteiger partial charge is 0.496 e. The number of hydrogen-bond acceptors (Lipinski definition) is 3. The van der Waals surface area contributed by atoms with Gasteiger partial charge in [0.05, 0.1) is 18.6 Å². The third-order valence-electron chi connectivity index (χ3n) is 5.72. The number of ether oxygens (including phenoxy) is 1. The summed E-state index contributed by atoms with van der Waals surface area (Å²) in [5, 5.41) is 13.6. The van der Waals surface area contributed by atoms with Crippen LogP contribution in [-0.2, 0) is 5.41 Å². The summed E-state index contributed by atoms with van der Waals surface area (Å²) in [6.07, 6.45) is 3.84. The molecule has 3 nitrogen and oxygen atoms in total. The molecule has 0 bridgehead atoms. The van der Waals surface area contributed by atoms with Gasteiger partial charge in [0, 0.05) is 17.6 Å². The van der Waals surface area contributed by atoms with E-state index in [-0.39, 0.29) is 11.5 Å². The van der Waals surface area contributed by atoms with Crippen molar-refractivity contribution >= 4 is 0 Å². The first-order chi connectivity index (χ1) is 12.6. The smallest absolute Gasteiger partial charge is 0.123 e. The van der Waals surface area contributed by atoms with Crippen molar-refractivity contribution in [2.45, 2.75) is 57.0 Å². The molecule has 0 saturated heterocycles. The highest BCUT2D eigenvalue weighted by atomic mass is 16.5. The van der Waals surface area contributed by atoms with Crippen LogP contribution in [0, 0.1) is 18.3 Å². The molecule has 1 saturated carbocycles. The average molecular weight is 348 g/mol. The Morgan fingerprint density at radius 2 is 1.85 bits per heavy atom. The molecule has 136 valence electrons. The predicted molar refractivity (Wildman–Crippen MR) is 105 cm³/mol. The second-order valence-electron chi connectivity index (χ2n) is 7.47. The van der Waals surface area contributed by atoms with Crippen molar-refractivity contribution in [2.75, 3.05) is 7.11 Å². The average Bonchev–Trinajstić information content (AvgIpc) is 2.69. The van der Waals surface area contributed by atoms with Crippen LogP contribution in [-0.4, -0.2) is 13.2 Å². The third kappa shape index (κ3) is 3.76. The van der Waals surface area contributed by atoms with Gasteiger partial charge in [0.15, 0.2) is 0 Å². The van der Waals surface area contributed by atoms with E-state index in [2.05, 4.69) is 49.5 Å². The van der Waals surface area contributed by atoms with E-state index in [0.29, 0.717) is 6.04 Å². The molecule has 0 amide bonds. The molecule has 1 aliphatic rings. The van der Waals surface area contributed by atoms with Crippen molar-refractivity contribution in [1.29, 1.82) is 5.26 Å². The zero-order valence-corrected chi connectivity index (χ0v) is 16.0. The van der Waals surface area contributed by atoms with E-state index in [1.807, 2.05) is 24.3 Å². The number of hydrogen-bond donors (Lipinski definition) is 1. The molecule has 0 heterocycles. The Bertz CT molecular complexity index is 771. The Balaban J connectivity index is 1.67. The molecule has 2 aromatic rings. The van der Waals surface area contributed by atoms with Gasteiger partial charge in [0.1, 0.15) is 5.75 Å². The Morgan fingerprint density at radius 3 is 2.46 bits per heavy atom. The Hall–Kier alpha value is -2.31. The first-order valence-corrected chi connectivity index (χ1v) is 9.45. The third-order valence-corrected chi connectivity index (χ3v) is 5.72. The van der Waals surface area contributed by atoms with Crippen LogP contribution >= 0.6 is 0 Å². The van der Waals surface area contributed by atoms with Crippen molar-refractivity contribution in [3.8, 4) is 11.8 Å². The van der Waals surface area contributed by atoms with E-state index in [1.165, 1.54) is 11.1 Å². The molecule has 3 rings (SSSR count). The summed E-state index contributed by atoms with van der Waals surface area (Å²) in [4.78, 5) is 0. The number of rotatable bonds is 5. The fourth-order valence-corrected chi connectivity index (χ4v) is 4.13. The SMILES string of the molecule is COc1ccc(C)cc1[C@H](C)NC1CCC(C#N)(c2ccccc2)CC1. The van der Waals surface area contributed by atoms with Crippen LogP contribution in [0.5, 0.6) is 5.75 Å². The van der Waals surface area contributed by atoms with Gasteiger partial charge in [0.2, 0.25) is 0 Å². The van der Waals surface area contributed by atoms with Crippen LogP contribution in [0.25, 0.3) is 0 Å². The van der Waals surface area contributed by atoms with Crippen molar-refractivity contribution in [2.24, 2.45) is 0 Å². The minimum atomic E-state index is -0.330. The lowest BCUT2D eigenvalue weighted by Gasteiger charge is -2.37. The molecule has 0 radical (unpaired) electrons. The normalized spacial score (nSPS) is 23.8. The van der Waals surface area contributed by atoms with Crippen molar-refractivity contribution in [3.05, 3.63) is 65.2 Å². The monoisotopic (exact) mass is 348 g/mol. The maximum Gasteiger partial charge on any atom is 0.123 e. The summed E-state index contributed by atoms with van der Waals surface area (Å²) in [5.41, 5.74) is 3.27. The number of nitrogens with zero attached hydrogens (tertiary/aromatic N) is 1. The molecule has 1 fully saturated rings. The molecular weight excluding hydrogens is 320 g/mol. The molecule has 1 N–H and O–H groups in total. The van der Waals surface area contributed by atoms with Gasteiger partial charge in [0.25, 0.3) is 0 Å². The van der Waals surface area contributed by atoms with E-state index in [0.717, 1.165) is 37.0 Å². The van der Waals surface area contributed by atoms with Gasteiger partial charge in [-0.1, -0.05) is 48.0 Å². The summed E-state index contributed by atoms with van der Waals surface area (Å²) in [7, 11) is 1.72. The fraction of sp³-hybridized carbons (Fsp3) is 0.435. The topological polar surface area (TPSA) is 45.0 Å². The quantitative estimate of drug-likeness (QED) is 0.821. The minimum Gasteiger partial charge on any atom is -0.496 e. The second kappa shape index (κ2) is 7.93. The number of nitrogens with one attached hydrogen (secondary N) is 1. The maximum absolute atomic E-state index is 9.85. The summed E-state index contributed by atoms with van der Waals surface area (Å²) in [5.74, 6) is 0.932. The number of methoxy groups -OCH3 is 1. The van der Waals surface area contributed by atoms with Gasteiger partial charge in [-0.2, -0.15) is 5.26 Å². The molecule has 0 unspecified atom stereocenters. The van der Waals surface area contributed by atoms with Crippen molar-refractivity contribution < 1.29 is 4.74 Å². The minimum absolute atomic E-state index is 0.223. The Labute approximate surface area is 157 Å². The standard InChI is InChI=1S/C23H28N2O/c1-17-9-10-22(26-3)21(15-17)18(2)25-20-11-13-23(16-24,14-12-20)19-7-5-4-6-8-19/h4-10,15,18,20,25H,11-14H2,1-3H3/t18-,20?,23?/m0/s1. The van der Waals surface area contributed by atoms with Crippen molar-refractivity contribution in [3.63, 3.8) is 0 Å². The zero-order chi connectivity index (χ0) is 18.6. The van der Waals surface area contributed by atoms with Gasteiger partial charge >= 0.3 is 0 Å². The number of nitriles is 1. The molecule has 1 atom stereocenters. The van der Waals surface area contributed by atoms with Crippen LogP contribution in [0.4, 0.5) is 0 Å². The first-order valence-electron chi connectivity index (χ1n) is 9.45. The predicted octanol–water partition coefficient (Wildman–Crippen LogP) is 5.06. The first kappa shape index (κ1) is 18.5. The Kier molecular flexibility index (Phi) is 5.64. The molecule has 0 aromatic heterocycles. The zero-order valence-electron chi connectivity index (χ0n) is 16.0. The van der Waals surface area contributed by atoms with Gasteiger partial charge in [-0.3, -0.25) is 0 Å². The molecule has 0 aliphatic heterocycles. The highest BCUT2D eigenvalue weighted by Gasteiger charge is 2.37. The molecule has 1 aliphatic carbocycles. The van der Waals surface area contributed by atoms with Crippen LogP contribution in [0.1, 0.15) is 55.3 Å².